The average molecular weight is 292 g/mol. The van der Waals surface area contributed by atoms with Crippen molar-refractivity contribution in [3.05, 3.63) is 35.9 Å². The van der Waals surface area contributed by atoms with E-state index >= 15 is 0 Å². The molecule has 1 heterocycles. The second kappa shape index (κ2) is 7.48. The molecule has 0 aliphatic carbocycles. The molecule has 0 aromatic heterocycles. The average Bonchev–Trinajstić information content (AvgIpc) is 2.47. The Balaban J connectivity index is 2.17. The number of rotatable bonds is 5. The Bertz CT molecular complexity index is 393. The van der Waals surface area contributed by atoms with Crippen molar-refractivity contribution >= 4 is 11.8 Å². The van der Waals surface area contributed by atoms with Crippen LogP contribution in [0.2, 0.25) is 0 Å². The van der Waals surface area contributed by atoms with Gasteiger partial charge in [-0.05, 0) is 24.7 Å². The number of hydrogen-bond acceptors (Lipinski definition) is 3. The van der Waals surface area contributed by atoms with Gasteiger partial charge < -0.3 is 5.32 Å². The number of benzene rings is 1. The second-order valence-corrected chi connectivity index (χ2v) is 7.10. The van der Waals surface area contributed by atoms with Crippen LogP contribution in [0.25, 0.3) is 0 Å². The summed E-state index contributed by atoms with van der Waals surface area (Å²) in [6.45, 7) is 9.22. The Morgan fingerprint density at radius 2 is 1.95 bits per heavy atom. The van der Waals surface area contributed by atoms with Gasteiger partial charge in [0.05, 0.1) is 0 Å². The van der Waals surface area contributed by atoms with Gasteiger partial charge in [-0.2, -0.15) is 11.8 Å². The Kier molecular flexibility index (Phi) is 5.94. The van der Waals surface area contributed by atoms with Crippen LogP contribution in [0.3, 0.4) is 0 Å². The topological polar surface area (TPSA) is 15.3 Å². The fraction of sp³-hybridized carbons (Fsp3) is 0.647. The first kappa shape index (κ1) is 15.9. The van der Waals surface area contributed by atoms with Crippen molar-refractivity contribution in [1.82, 2.24) is 10.2 Å². The molecular weight excluding hydrogens is 264 g/mol. The highest BCUT2D eigenvalue weighted by molar-refractivity contribution is 7.98. The summed E-state index contributed by atoms with van der Waals surface area (Å²) >= 11 is 1.95. The van der Waals surface area contributed by atoms with Crippen molar-refractivity contribution in [2.24, 2.45) is 5.92 Å². The Morgan fingerprint density at radius 3 is 2.55 bits per heavy atom. The summed E-state index contributed by atoms with van der Waals surface area (Å²) in [7, 11) is 0. The molecule has 1 saturated heterocycles. The smallest absolute Gasteiger partial charge is 0.0476 e. The van der Waals surface area contributed by atoms with Gasteiger partial charge in [-0.25, -0.2) is 0 Å². The predicted molar refractivity (Wildman–Crippen MR) is 90.4 cm³/mol. The molecule has 112 valence electrons. The Morgan fingerprint density at radius 1 is 1.25 bits per heavy atom. The normalized spacial score (nSPS) is 25.9. The number of thioether (sulfide) groups is 1. The molecule has 2 nitrogen and oxygen atoms in total. The van der Waals surface area contributed by atoms with E-state index in [2.05, 4.69) is 67.6 Å². The summed E-state index contributed by atoms with van der Waals surface area (Å²) in [5.41, 5.74) is 1.44. The van der Waals surface area contributed by atoms with Gasteiger partial charge in [-0.3, -0.25) is 4.90 Å². The summed E-state index contributed by atoms with van der Waals surface area (Å²) in [5.74, 6) is 1.89. The zero-order chi connectivity index (χ0) is 14.5. The highest BCUT2D eigenvalue weighted by Gasteiger charge is 2.32. The molecule has 1 fully saturated rings. The van der Waals surface area contributed by atoms with E-state index in [-0.39, 0.29) is 0 Å². The first-order valence-electron chi connectivity index (χ1n) is 7.66. The quantitative estimate of drug-likeness (QED) is 0.895. The zero-order valence-electron chi connectivity index (χ0n) is 13.2. The third kappa shape index (κ3) is 3.78. The highest BCUT2D eigenvalue weighted by Crippen LogP contribution is 2.28. The lowest BCUT2D eigenvalue weighted by atomic mass is 9.95. The molecule has 1 N–H and O–H groups in total. The summed E-state index contributed by atoms with van der Waals surface area (Å²) in [6, 6.07) is 12.7. The zero-order valence-corrected chi connectivity index (χ0v) is 14.0. The van der Waals surface area contributed by atoms with E-state index in [1.807, 2.05) is 11.8 Å². The van der Waals surface area contributed by atoms with Gasteiger partial charge in [0.25, 0.3) is 0 Å². The molecule has 1 aliphatic heterocycles. The number of piperazine rings is 1. The van der Waals surface area contributed by atoms with Crippen molar-refractivity contribution in [3.63, 3.8) is 0 Å². The number of hydrogen-bond donors (Lipinski definition) is 1. The van der Waals surface area contributed by atoms with Gasteiger partial charge in [0.2, 0.25) is 0 Å². The number of nitrogens with zero attached hydrogens (tertiary/aromatic N) is 1. The Hall–Kier alpha value is -0.510. The first-order valence-corrected chi connectivity index (χ1v) is 9.06. The summed E-state index contributed by atoms with van der Waals surface area (Å²) in [4.78, 5) is 2.70. The molecule has 1 aromatic rings. The van der Waals surface area contributed by atoms with E-state index in [4.69, 9.17) is 0 Å². The van der Waals surface area contributed by atoms with Crippen LogP contribution in [0.1, 0.15) is 32.4 Å². The molecule has 0 radical (unpaired) electrons. The van der Waals surface area contributed by atoms with Gasteiger partial charge >= 0.3 is 0 Å². The SMILES string of the molecule is CSCC(C)N1CC(C(C)C)NCC1c1ccccc1. The molecule has 1 aliphatic rings. The maximum atomic E-state index is 3.75. The standard InChI is InChI=1S/C17H28N2S/c1-13(2)16-11-19(14(3)12-20-4)17(10-18-16)15-8-6-5-7-9-15/h5-9,13-14,16-18H,10-12H2,1-4H3. The Labute approximate surface area is 128 Å². The molecule has 0 spiro atoms. The minimum atomic E-state index is 0.508. The van der Waals surface area contributed by atoms with E-state index in [0.29, 0.717) is 24.0 Å². The lowest BCUT2D eigenvalue weighted by Crippen LogP contribution is -2.57. The van der Waals surface area contributed by atoms with Crippen molar-refractivity contribution in [2.75, 3.05) is 25.1 Å². The monoisotopic (exact) mass is 292 g/mol. The predicted octanol–water partition coefficient (Wildman–Crippen LogP) is 3.41. The molecular formula is C17H28N2S. The van der Waals surface area contributed by atoms with Crippen LogP contribution < -0.4 is 5.32 Å². The van der Waals surface area contributed by atoms with Crippen molar-refractivity contribution in [2.45, 2.75) is 38.9 Å². The fourth-order valence-corrected chi connectivity index (χ4v) is 3.73. The highest BCUT2D eigenvalue weighted by atomic mass is 32.2. The molecule has 20 heavy (non-hydrogen) atoms. The minimum Gasteiger partial charge on any atom is -0.311 e. The van der Waals surface area contributed by atoms with Gasteiger partial charge in [0, 0.05) is 37.0 Å². The van der Waals surface area contributed by atoms with Crippen LogP contribution in [-0.4, -0.2) is 42.1 Å². The van der Waals surface area contributed by atoms with E-state index in [9.17, 15) is 0 Å². The largest absolute Gasteiger partial charge is 0.311 e. The third-order valence-corrected chi connectivity index (χ3v) is 5.16. The van der Waals surface area contributed by atoms with E-state index in [1.54, 1.807) is 0 Å². The molecule has 0 saturated carbocycles. The molecule has 2 rings (SSSR count). The lowest BCUT2D eigenvalue weighted by Gasteiger charge is -2.45. The van der Waals surface area contributed by atoms with Gasteiger partial charge in [0.1, 0.15) is 0 Å². The van der Waals surface area contributed by atoms with Crippen LogP contribution in [0, 0.1) is 5.92 Å². The second-order valence-electron chi connectivity index (χ2n) is 6.19. The minimum absolute atomic E-state index is 0.508. The summed E-state index contributed by atoms with van der Waals surface area (Å²) in [5, 5.41) is 3.75. The number of nitrogens with one attached hydrogen (secondary N) is 1. The molecule has 3 atom stereocenters. The van der Waals surface area contributed by atoms with Gasteiger partial charge in [0.15, 0.2) is 0 Å². The molecule has 3 unspecified atom stereocenters. The van der Waals surface area contributed by atoms with Crippen molar-refractivity contribution < 1.29 is 0 Å². The van der Waals surface area contributed by atoms with Crippen molar-refractivity contribution in [3.8, 4) is 0 Å². The van der Waals surface area contributed by atoms with Crippen LogP contribution in [-0.2, 0) is 0 Å². The summed E-state index contributed by atoms with van der Waals surface area (Å²) < 4.78 is 0. The first-order chi connectivity index (χ1) is 9.63. The fourth-order valence-electron chi connectivity index (χ4n) is 3.05. The van der Waals surface area contributed by atoms with E-state index in [0.717, 1.165) is 13.1 Å². The molecule has 0 bridgehead atoms. The lowest BCUT2D eigenvalue weighted by molar-refractivity contribution is 0.0848. The summed E-state index contributed by atoms with van der Waals surface area (Å²) in [6.07, 6.45) is 2.20. The molecule has 0 amide bonds. The van der Waals surface area contributed by atoms with Crippen LogP contribution >= 0.6 is 11.8 Å². The maximum Gasteiger partial charge on any atom is 0.0476 e. The maximum absolute atomic E-state index is 3.75. The van der Waals surface area contributed by atoms with E-state index < -0.39 is 0 Å². The van der Waals surface area contributed by atoms with Crippen molar-refractivity contribution in [1.29, 1.82) is 0 Å². The van der Waals surface area contributed by atoms with Crippen LogP contribution in [0.15, 0.2) is 30.3 Å². The van der Waals surface area contributed by atoms with Crippen LogP contribution in [0.4, 0.5) is 0 Å². The van der Waals surface area contributed by atoms with Gasteiger partial charge in [-0.15, -0.1) is 0 Å². The van der Waals surface area contributed by atoms with E-state index in [1.165, 1.54) is 11.3 Å². The third-order valence-electron chi connectivity index (χ3n) is 4.34. The molecule has 1 aromatic carbocycles. The van der Waals surface area contributed by atoms with Crippen LogP contribution in [0.5, 0.6) is 0 Å². The molecule has 3 heteroatoms. The van der Waals surface area contributed by atoms with Gasteiger partial charge in [-0.1, -0.05) is 44.2 Å².